The van der Waals surface area contributed by atoms with Crippen LogP contribution in [0, 0.1) is 6.92 Å². The Labute approximate surface area is 145 Å². The lowest BCUT2D eigenvalue weighted by Crippen LogP contribution is -2.42. The Bertz CT molecular complexity index is 830. The smallest absolute Gasteiger partial charge is 0.326 e. The molecule has 9 heteroatoms. The predicted octanol–water partition coefficient (Wildman–Crippen LogP) is 1.63. The molecule has 0 aliphatic rings. The number of carboxylic acids is 2. The fraction of sp³-hybridized carbons (Fsp3) is 0.333. The van der Waals surface area contributed by atoms with E-state index in [1.54, 1.807) is 10.6 Å². The SMILES string of the molecule is CCc1nc2c(Br)cc(C)cn2c1C(=O)NC(CC(=O)O)C(=O)O. The molecular formula is C15H16BrN3O5. The van der Waals surface area contributed by atoms with E-state index in [9.17, 15) is 14.4 Å². The van der Waals surface area contributed by atoms with Gasteiger partial charge in [-0.25, -0.2) is 9.78 Å². The first-order valence-corrected chi connectivity index (χ1v) is 7.96. The highest BCUT2D eigenvalue weighted by Gasteiger charge is 2.27. The summed E-state index contributed by atoms with van der Waals surface area (Å²) in [5, 5.41) is 20.1. The van der Waals surface area contributed by atoms with Gasteiger partial charge in [-0.05, 0) is 40.9 Å². The molecule has 0 fully saturated rings. The van der Waals surface area contributed by atoms with E-state index in [-0.39, 0.29) is 5.69 Å². The number of amides is 1. The van der Waals surface area contributed by atoms with Crippen molar-refractivity contribution >= 4 is 39.4 Å². The number of nitrogens with one attached hydrogen (secondary N) is 1. The zero-order valence-electron chi connectivity index (χ0n) is 13.0. The Morgan fingerprint density at radius 3 is 2.58 bits per heavy atom. The van der Waals surface area contributed by atoms with Gasteiger partial charge in [0.1, 0.15) is 11.7 Å². The number of aliphatic carboxylic acids is 2. The van der Waals surface area contributed by atoms with Crippen LogP contribution >= 0.6 is 15.9 Å². The number of carbonyl (C=O) groups is 3. The molecule has 2 aromatic heterocycles. The molecule has 0 radical (unpaired) electrons. The zero-order valence-corrected chi connectivity index (χ0v) is 14.6. The summed E-state index contributed by atoms with van der Waals surface area (Å²) in [5.74, 6) is -3.39. The van der Waals surface area contributed by atoms with E-state index in [0.717, 1.165) is 5.56 Å². The number of aromatic nitrogens is 2. The van der Waals surface area contributed by atoms with Crippen molar-refractivity contribution in [3.63, 3.8) is 0 Å². The fourth-order valence-electron chi connectivity index (χ4n) is 2.37. The average molecular weight is 398 g/mol. The number of fused-ring (bicyclic) bond motifs is 1. The highest BCUT2D eigenvalue weighted by atomic mass is 79.9. The molecule has 2 rings (SSSR count). The summed E-state index contributed by atoms with van der Waals surface area (Å²) in [6.45, 7) is 3.67. The van der Waals surface area contributed by atoms with Gasteiger partial charge in [-0.3, -0.25) is 14.0 Å². The van der Waals surface area contributed by atoms with Gasteiger partial charge >= 0.3 is 11.9 Å². The highest BCUT2D eigenvalue weighted by Crippen LogP contribution is 2.23. The first kappa shape index (κ1) is 17.9. The Morgan fingerprint density at radius 1 is 1.38 bits per heavy atom. The maximum atomic E-state index is 12.6. The molecular weight excluding hydrogens is 382 g/mol. The van der Waals surface area contributed by atoms with Crippen LogP contribution in [-0.4, -0.2) is 43.5 Å². The van der Waals surface area contributed by atoms with Crippen molar-refractivity contribution in [2.75, 3.05) is 0 Å². The normalized spacial score (nSPS) is 12.1. The van der Waals surface area contributed by atoms with Gasteiger partial charge in [0.15, 0.2) is 5.65 Å². The van der Waals surface area contributed by atoms with E-state index in [1.807, 2.05) is 19.9 Å². The Kier molecular flexibility index (Phi) is 5.23. The summed E-state index contributed by atoms with van der Waals surface area (Å²) in [6, 6.07) is 0.340. The minimum atomic E-state index is -1.52. The second-order valence-electron chi connectivity index (χ2n) is 5.28. The van der Waals surface area contributed by atoms with Crippen LogP contribution in [0.3, 0.4) is 0 Å². The Balaban J connectivity index is 2.48. The van der Waals surface area contributed by atoms with Gasteiger partial charge in [0, 0.05) is 6.20 Å². The standard InChI is InChI=1S/C15H16BrN3O5/c1-3-9-12(14(22)18-10(15(23)24)5-11(20)21)19-6-7(2)4-8(16)13(19)17-9/h4,6,10H,3,5H2,1-2H3,(H,18,22)(H,20,21)(H,23,24). The maximum Gasteiger partial charge on any atom is 0.326 e. The molecule has 1 unspecified atom stereocenters. The second kappa shape index (κ2) is 7.00. The summed E-state index contributed by atoms with van der Waals surface area (Å²) in [6.07, 6.45) is 1.47. The summed E-state index contributed by atoms with van der Waals surface area (Å²) < 4.78 is 2.28. The second-order valence-corrected chi connectivity index (χ2v) is 6.14. The maximum absolute atomic E-state index is 12.6. The molecule has 0 aliphatic heterocycles. The molecule has 1 atom stereocenters. The summed E-state index contributed by atoms with van der Waals surface area (Å²) in [5.41, 5.74) is 2.11. The highest BCUT2D eigenvalue weighted by molar-refractivity contribution is 9.10. The van der Waals surface area contributed by atoms with E-state index in [1.165, 1.54) is 0 Å². The van der Waals surface area contributed by atoms with Crippen LogP contribution in [0.5, 0.6) is 0 Å². The molecule has 0 saturated carbocycles. The number of imidazole rings is 1. The molecule has 1 amide bonds. The summed E-state index contributed by atoms with van der Waals surface area (Å²) in [7, 11) is 0. The third-order valence-electron chi connectivity index (χ3n) is 3.42. The lowest BCUT2D eigenvalue weighted by molar-refractivity contribution is -0.145. The minimum Gasteiger partial charge on any atom is -0.481 e. The van der Waals surface area contributed by atoms with Gasteiger partial charge in [-0.15, -0.1) is 0 Å². The number of pyridine rings is 1. The van der Waals surface area contributed by atoms with Gasteiger partial charge < -0.3 is 15.5 Å². The number of nitrogens with zero attached hydrogens (tertiary/aromatic N) is 2. The van der Waals surface area contributed by atoms with Crippen LogP contribution in [0.15, 0.2) is 16.7 Å². The van der Waals surface area contributed by atoms with Crippen LogP contribution < -0.4 is 5.32 Å². The van der Waals surface area contributed by atoms with E-state index >= 15 is 0 Å². The van der Waals surface area contributed by atoms with Crippen molar-refractivity contribution in [2.24, 2.45) is 0 Å². The predicted molar refractivity (Wildman–Crippen MR) is 88.1 cm³/mol. The lowest BCUT2D eigenvalue weighted by atomic mass is 10.2. The van der Waals surface area contributed by atoms with Crippen molar-refractivity contribution in [3.8, 4) is 0 Å². The molecule has 3 N–H and O–H groups in total. The van der Waals surface area contributed by atoms with Crippen LogP contribution in [0.25, 0.3) is 5.65 Å². The van der Waals surface area contributed by atoms with Crippen LogP contribution in [0.4, 0.5) is 0 Å². The van der Waals surface area contributed by atoms with Crippen molar-refractivity contribution in [3.05, 3.63) is 33.7 Å². The van der Waals surface area contributed by atoms with Crippen LogP contribution in [0.1, 0.15) is 35.1 Å². The number of hydrogen-bond acceptors (Lipinski definition) is 4. The topological polar surface area (TPSA) is 121 Å². The Morgan fingerprint density at radius 2 is 2.04 bits per heavy atom. The van der Waals surface area contributed by atoms with E-state index in [4.69, 9.17) is 10.2 Å². The van der Waals surface area contributed by atoms with Crippen LogP contribution in [-0.2, 0) is 16.0 Å². The third kappa shape index (κ3) is 3.56. The molecule has 0 saturated heterocycles. The fourth-order valence-corrected chi connectivity index (χ4v) is 3.01. The first-order valence-electron chi connectivity index (χ1n) is 7.17. The van der Waals surface area contributed by atoms with Crippen molar-refractivity contribution in [1.29, 1.82) is 0 Å². The number of aryl methyl sites for hydroxylation is 2. The van der Waals surface area contributed by atoms with E-state index < -0.39 is 30.3 Å². The van der Waals surface area contributed by atoms with Crippen LogP contribution in [0.2, 0.25) is 0 Å². The number of carbonyl (C=O) groups excluding carboxylic acids is 1. The first-order chi connectivity index (χ1) is 11.2. The van der Waals surface area contributed by atoms with E-state index in [0.29, 0.717) is 22.2 Å². The lowest BCUT2D eigenvalue weighted by Gasteiger charge is -2.13. The Hall–Kier alpha value is -2.42. The molecule has 0 aromatic carbocycles. The number of rotatable bonds is 6. The zero-order chi connectivity index (χ0) is 18.0. The molecule has 8 nitrogen and oxygen atoms in total. The number of halogens is 1. The van der Waals surface area contributed by atoms with Gasteiger partial charge in [-0.1, -0.05) is 6.92 Å². The quantitative estimate of drug-likeness (QED) is 0.680. The third-order valence-corrected chi connectivity index (χ3v) is 4.00. The minimum absolute atomic E-state index is 0.202. The van der Waals surface area contributed by atoms with Gasteiger partial charge in [0.25, 0.3) is 5.91 Å². The molecule has 128 valence electrons. The average Bonchev–Trinajstić information content (AvgIpc) is 2.84. The van der Waals surface area contributed by atoms with Crippen molar-refractivity contribution < 1.29 is 24.6 Å². The largest absolute Gasteiger partial charge is 0.481 e. The monoisotopic (exact) mass is 397 g/mol. The molecule has 0 aliphatic carbocycles. The summed E-state index contributed by atoms with van der Waals surface area (Å²) >= 11 is 3.39. The van der Waals surface area contributed by atoms with E-state index in [2.05, 4.69) is 26.2 Å². The molecule has 2 heterocycles. The molecule has 0 bridgehead atoms. The molecule has 2 aromatic rings. The van der Waals surface area contributed by atoms with Gasteiger partial charge in [-0.2, -0.15) is 0 Å². The van der Waals surface area contributed by atoms with Crippen molar-refractivity contribution in [1.82, 2.24) is 14.7 Å². The summed E-state index contributed by atoms with van der Waals surface area (Å²) in [4.78, 5) is 38.9. The van der Waals surface area contributed by atoms with Gasteiger partial charge in [0.05, 0.1) is 16.6 Å². The van der Waals surface area contributed by atoms with Crippen molar-refractivity contribution in [2.45, 2.75) is 32.7 Å². The number of hydrogen-bond donors (Lipinski definition) is 3. The molecule has 0 spiro atoms. The number of carboxylic acid groups (broad SMARTS) is 2. The molecule has 24 heavy (non-hydrogen) atoms. The van der Waals surface area contributed by atoms with Gasteiger partial charge in [0.2, 0.25) is 0 Å².